The molecular weight excluding hydrogens is 204 g/mol. The largest absolute Gasteiger partial charge is 0.496 e. The van der Waals surface area contributed by atoms with Crippen molar-refractivity contribution in [2.75, 3.05) is 14.2 Å². The lowest BCUT2D eigenvalue weighted by molar-refractivity contribution is 0.0597. The zero-order valence-electron chi connectivity index (χ0n) is 9.87. The van der Waals surface area contributed by atoms with Gasteiger partial charge in [0.25, 0.3) is 0 Å². The molecule has 2 rings (SSSR count). The number of benzene rings is 1. The van der Waals surface area contributed by atoms with Gasteiger partial charge in [0.05, 0.1) is 14.2 Å². The second-order valence-corrected chi connectivity index (χ2v) is 4.18. The summed E-state index contributed by atoms with van der Waals surface area (Å²) >= 11 is 0. The Morgan fingerprint density at radius 2 is 2.12 bits per heavy atom. The zero-order chi connectivity index (χ0) is 11.7. The van der Waals surface area contributed by atoms with Crippen LogP contribution < -0.4 is 4.74 Å². The first-order chi connectivity index (χ1) is 7.67. The third-order valence-corrected chi connectivity index (χ3v) is 3.24. The van der Waals surface area contributed by atoms with Gasteiger partial charge in [0.2, 0.25) is 0 Å². The van der Waals surface area contributed by atoms with Crippen LogP contribution >= 0.6 is 0 Å². The van der Waals surface area contributed by atoms with Crippen molar-refractivity contribution in [3.63, 3.8) is 0 Å². The summed E-state index contributed by atoms with van der Waals surface area (Å²) in [7, 11) is 2.96. The van der Waals surface area contributed by atoms with E-state index in [4.69, 9.17) is 9.47 Å². The molecule has 0 spiro atoms. The van der Waals surface area contributed by atoms with E-state index < -0.39 is 0 Å². The quantitative estimate of drug-likeness (QED) is 0.718. The van der Waals surface area contributed by atoms with Gasteiger partial charge in [0, 0.05) is 0 Å². The lowest BCUT2D eigenvalue weighted by atomic mass is 10.0. The molecule has 0 saturated heterocycles. The molecule has 1 aromatic carbocycles. The molecule has 3 heteroatoms. The SMILES string of the molecule is COC(=O)c1cc2c(cc1OC)C(C)CC2. The van der Waals surface area contributed by atoms with Crippen molar-refractivity contribution >= 4 is 5.97 Å². The van der Waals surface area contributed by atoms with E-state index in [0.29, 0.717) is 17.2 Å². The molecule has 1 unspecified atom stereocenters. The third-order valence-electron chi connectivity index (χ3n) is 3.24. The number of carbonyl (C=O) groups is 1. The molecule has 86 valence electrons. The van der Waals surface area contributed by atoms with Gasteiger partial charge in [-0.1, -0.05) is 6.92 Å². The molecule has 1 aliphatic carbocycles. The molecule has 0 radical (unpaired) electrons. The van der Waals surface area contributed by atoms with Crippen LogP contribution in [0.5, 0.6) is 5.75 Å². The number of ether oxygens (including phenoxy) is 2. The minimum absolute atomic E-state index is 0.334. The standard InChI is InChI=1S/C13H16O3/c1-8-4-5-9-6-11(13(14)16-3)12(15-2)7-10(8)9/h6-8H,4-5H2,1-3H3. The summed E-state index contributed by atoms with van der Waals surface area (Å²) in [5.74, 6) is 0.828. The highest BCUT2D eigenvalue weighted by molar-refractivity contribution is 5.93. The van der Waals surface area contributed by atoms with Crippen LogP contribution in [0.3, 0.4) is 0 Å². The number of carbonyl (C=O) groups excluding carboxylic acids is 1. The van der Waals surface area contributed by atoms with Gasteiger partial charge >= 0.3 is 5.97 Å². The Morgan fingerprint density at radius 1 is 1.38 bits per heavy atom. The van der Waals surface area contributed by atoms with Crippen molar-refractivity contribution < 1.29 is 14.3 Å². The summed E-state index contributed by atoms with van der Waals surface area (Å²) in [5, 5.41) is 0. The first-order valence-corrected chi connectivity index (χ1v) is 5.46. The van der Waals surface area contributed by atoms with Crippen LogP contribution in [0.15, 0.2) is 12.1 Å². The number of hydrogen-bond acceptors (Lipinski definition) is 3. The van der Waals surface area contributed by atoms with Crippen LogP contribution in [0.25, 0.3) is 0 Å². The topological polar surface area (TPSA) is 35.5 Å². The van der Waals surface area contributed by atoms with E-state index in [9.17, 15) is 4.79 Å². The summed E-state index contributed by atoms with van der Waals surface area (Å²) in [6.45, 7) is 2.20. The molecule has 1 aromatic rings. The summed E-state index contributed by atoms with van der Waals surface area (Å²) in [4.78, 5) is 11.6. The lowest BCUT2D eigenvalue weighted by Gasteiger charge is -2.11. The van der Waals surface area contributed by atoms with Crippen LogP contribution in [-0.2, 0) is 11.2 Å². The van der Waals surface area contributed by atoms with Crippen LogP contribution in [0, 0.1) is 0 Å². The predicted octanol–water partition coefficient (Wildman–Crippen LogP) is 2.53. The Balaban J connectivity index is 2.51. The molecule has 0 N–H and O–H groups in total. The summed E-state index contributed by atoms with van der Waals surface area (Å²) in [6, 6.07) is 3.88. The Kier molecular flexibility index (Phi) is 2.86. The lowest BCUT2D eigenvalue weighted by Crippen LogP contribution is -2.05. The van der Waals surface area contributed by atoms with E-state index in [2.05, 4.69) is 6.92 Å². The first kappa shape index (κ1) is 11.0. The molecule has 0 amide bonds. The number of hydrogen-bond donors (Lipinski definition) is 0. The van der Waals surface area contributed by atoms with Crippen LogP contribution in [0.2, 0.25) is 0 Å². The maximum Gasteiger partial charge on any atom is 0.341 e. The van der Waals surface area contributed by atoms with Crippen LogP contribution in [-0.4, -0.2) is 20.2 Å². The average Bonchev–Trinajstić information content (AvgIpc) is 2.68. The van der Waals surface area contributed by atoms with Crippen molar-refractivity contribution in [3.05, 3.63) is 28.8 Å². The molecule has 0 aromatic heterocycles. The fourth-order valence-corrected chi connectivity index (χ4v) is 2.28. The molecule has 0 bridgehead atoms. The fraction of sp³-hybridized carbons (Fsp3) is 0.462. The van der Waals surface area contributed by atoms with Gasteiger partial charge in [-0.05, 0) is 42.0 Å². The van der Waals surface area contributed by atoms with Gasteiger partial charge in [-0.15, -0.1) is 0 Å². The van der Waals surface area contributed by atoms with E-state index in [1.54, 1.807) is 7.11 Å². The smallest absolute Gasteiger partial charge is 0.341 e. The van der Waals surface area contributed by atoms with Crippen molar-refractivity contribution in [1.29, 1.82) is 0 Å². The summed E-state index contributed by atoms with van der Waals surface area (Å²) in [5.41, 5.74) is 3.07. The highest BCUT2D eigenvalue weighted by Gasteiger charge is 2.23. The van der Waals surface area contributed by atoms with E-state index in [1.165, 1.54) is 18.2 Å². The third kappa shape index (κ3) is 1.66. The highest BCUT2D eigenvalue weighted by Crippen LogP contribution is 2.37. The Labute approximate surface area is 95.4 Å². The highest BCUT2D eigenvalue weighted by atomic mass is 16.5. The van der Waals surface area contributed by atoms with Crippen molar-refractivity contribution in [2.45, 2.75) is 25.7 Å². The minimum atomic E-state index is -0.334. The molecule has 3 nitrogen and oxygen atoms in total. The van der Waals surface area contributed by atoms with E-state index >= 15 is 0 Å². The van der Waals surface area contributed by atoms with E-state index in [0.717, 1.165) is 12.8 Å². The number of esters is 1. The average molecular weight is 220 g/mol. The molecular formula is C13H16O3. The normalized spacial score (nSPS) is 18.1. The number of fused-ring (bicyclic) bond motifs is 1. The first-order valence-electron chi connectivity index (χ1n) is 5.46. The second-order valence-electron chi connectivity index (χ2n) is 4.18. The maximum atomic E-state index is 11.6. The molecule has 1 atom stereocenters. The Morgan fingerprint density at radius 3 is 2.75 bits per heavy atom. The summed E-state index contributed by atoms with van der Waals surface area (Å²) in [6.07, 6.45) is 2.17. The maximum absolute atomic E-state index is 11.6. The Bertz CT molecular complexity index is 423. The zero-order valence-corrected chi connectivity index (χ0v) is 9.87. The van der Waals surface area contributed by atoms with Gasteiger partial charge in [0.15, 0.2) is 0 Å². The van der Waals surface area contributed by atoms with Gasteiger partial charge in [0.1, 0.15) is 11.3 Å². The molecule has 0 fully saturated rings. The monoisotopic (exact) mass is 220 g/mol. The molecule has 1 aliphatic rings. The molecule has 0 heterocycles. The Hall–Kier alpha value is -1.51. The van der Waals surface area contributed by atoms with Gasteiger partial charge in [-0.2, -0.15) is 0 Å². The van der Waals surface area contributed by atoms with Gasteiger partial charge in [-0.25, -0.2) is 4.79 Å². The van der Waals surface area contributed by atoms with Gasteiger partial charge in [-0.3, -0.25) is 0 Å². The van der Waals surface area contributed by atoms with E-state index in [1.807, 2.05) is 12.1 Å². The minimum Gasteiger partial charge on any atom is -0.496 e. The van der Waals surface area contributed by atoms with Crippen LogP contribution in [0.1, 0.15) is 40.7 Å². The number of aryl methyl sites for hydroxylation is 1. The van der Waals surface area contributed by atoms with Gasteiger partial charge < -0.3 is 9.47 Å². The molecule has 0 aliphatic heterocycles. The molecule has 0 saturated carbocycles. The van der Waals surface area contributed by atoms with Crippen molar-refractivity contribution in [1.82, 2.24) is 0 Å². The summed E-state index contributed by atoms with van der Waals surface area (Å²) < 4.78 is 9.99. The van der Waals surface area contributed by atoms with Crippen molar-refractivity contribution in [2.24, 2.45) is 0 Å². The van der Waals surface area contributed by atoms with Crippen LogP contribution in [0.4, 0.5) is 0 Å². The number of rotatable bonds is 2. The molecule has 16 heavy (non-hydrogen) atoms. The number of methoxy groups -OCH3 is 2. The van der Waals surface area contributed by atoms with Crippen molar-refractivity contribution in [3.8, 4) is 5.75 Å². The predicted molar refractivity (Wildman–Crippen MR) is 61.1 cm³/mol. The fourth-order valence-electron chi connectivity index (χ4n) is 2.28. The second kappa shape index (κ2) is 4.16. The van der Waals surface area contributed by atoms with E-state index in [-0.39, 0.29) is 5.97 Å².